The summed E-state index contributed by atoms with van der Waals surface area (Å²) in [7, 11) is 0. The first kappa shape index (κ1) is 9.21. The van der Waals surface area contributed by atoms with E-state index in [1.807, 2.05) is 18.4 Å². The number of ether oxygens (including phenoxy) is 1. The van der Waals surface area contributed by atoms with Gasteiger partial charge in [-0.25, -0.2) is 4.79 Å². The molecule has 0 radical (unpaired) electrons. The summed E-state index contributed by atoms with van der Waals surface area (Å²) in [4.78, 5) is 12.3. The molecule has 0 saturated carbocycles. The average molecular weight is 210 g/mol. The van der Waals surface area contributed by atoms with Crippen molar-refractivity contribution in [3.63, 3.8) is 0 Å². The molecule has 0 aliphatic rings. The highest BCUT2D eigenvalue weighted by molar-refractivity contribution is 7.16. The van der Waals surface area contributed by atoms with Gasteiger partial charge in [0.15, 0.2) is 0 Å². The van der Waals surface area contributed by atoms with Crippen molar-refractivity contribution in [2.75, 3.05) is 6.61 Å². The number of aromatic nitrogens is 2. The summed E-state index contributed by atoms with van der Waals surface area (Å²) in [5.74, 6) is 0. The first-order valence-corrected chi connectivity index (χ1v) is 5.29. The highest BCUT2D eigenvalue weighted by Crippen LogP contribution is 2.19. The van der Waals surface area contributed by atoms with E-state index in [4.69, 9.17) is 4.74 Å². The van der Waals surface area contributed by atoms with E-state index < -0.39 is 6.09 Å². The second kappa shape index (κ2) is 3.79. The lowest BCUT2D eigenvalue weighted by Crippen LogP contribution is -2.14. The predicted molar refractivity (Wildman–Crippen MR) is 54.6 cm³/mol. The molecule has 2 aromatic heterocycles. The number of rotatable bonds is 2. The number of nitrogens with zero attached hydrogens (tertiary/aromatic N) is 2. The number of carbonyl (C=O) groups is 1. The van der Waals surface area contributed by atoms with Gasteiger partial charge in [-0.2, -0.15) is 9.78 Å². The highest BCUT2D eigenvalue weighted by Gasteiger charge is 2.11. The topological polar surface area (TPSA) is 44.1 Å². The van der Waals surface area contributed by atoms with Crippen LogP contribution in [0.2, 0.25) is 0 Å². The molecule has 0 atom stereocenters. The van der Waals surface area contributed by atoms with Crippen LogP contribution < -0.4 is 0 Å². The quantitative estimate of drug-likeness (QED) is 0.764. The maximum Gasteiger partial charge on any atom is 0.436 e. The molecule has 2 aromatic rings. The Morgan fingerprint density at radius 1 is 1.71 bits per heavy atom. The molecule has 0 aliphatic carbocycles. The fourth-order valence-corrected chi connectivity index (χ4v) is 1.96. The lowest BCUT2D eigenvalue weighted by molar-refractivity contribution is 0.146. The van der Waals surface area contributed by atoms with Crippen molar-refractivity contribution in [3.8, 4) is 0 Å². The third kappa shape index (κ3) is 1.50. The van der Waals surface area contributed by atoms with Crippen LogP contribution in [0, 0.1) is 0 Å². The molecule has 2 heterocycles. The number of carbonyl (C=O) groups excluding carboxylic acids is 1. The molecule has 0 aliphatic heterocycles. The summed E-state index contributed by atoms with van der Waals surface area (Å²) in [6.45, 7) is 2.39. The molecule has 0 bridgehead atoms. The third-order valence-corrected chi connectivity index (χ3v) is 2.69. The Kier molecular flexibility index (Phi) is 2.49. The van der Waals surface area contributed by atoms with Crippen molar-refractivity contribution in [2.45, 2.75) is 13.3 Å². The van der Waals surface area contributed by atoms with Crippen LogP contribution in [0.3, 0.4) is 0 Å². The normalized spacial score (nSPS) is 10.6. The second-order valence-electron chi connectivity index (χ2n) is 2.85. The van der Waals surface area contributed by atoms with Gasteiger partial charge in [-0.1, -0.05) is 6.92 Å². The molecule has 74 valence electrons. The number of thiophene rings is 1. The Morgan fingerprint density at radius 3 is 3.36 bits per heavy atom. The zero-order chi connectivity index (χ0) is 9.97. The van der Waals surface area contributed by atoms with E-state index in [1.165, 1.54) is 16.0 Å². The number of hydrogen-bond donors (Lipinski definition) is 0. The zero-order valence-electron chi connectivity index (χ0n) is 7.77. The Labute approximate surface area is 85.1 Å². The molecule has 0 spiro atoms. The molecule has 0 saturated heterocycles. The summed E-state index contributed by atoms with van der Waals surface area (Å²) in [6.07, 6.45) is 2.09. The molecular formula is C9H10N2O2S. The summed E-state index contributed by atoms with van der Waals surface area (Å²) in [5, 5.41) is 6.86. The first-order valence-electron chi connectivity index (χ1n) is 4.41. The van der Waals surface area contributed by atoms with Gasteiger partial charge in [-0.15, -0.1) is 11.3 Å². The van der Waals surface area contributed by atoms with Gasteiger partial charge >= 0.3 is 6.09 Å². The van der Waals surface area contributed by atoms with Crippen LogP contribution in [0.5, 0.6) is 0 Å². The van der Waals surface area contributed by atoms with Crippen LogP contribution in [0.4, 0.5) is 4.79 Å². The second-order valence-corrected chi connectivity index (χ2v) is 3.75. The van der Waals surface area contributed by atoms with Crippen molar-refractivity contribution in [2.24, 2.45) is 0 Å². The lowest BCUT2D eigenvalue weighted by atomic mass is 10.5. The van der Waals surface area contributed by atoms with Crippen LogP contribution in [0.25, 0.3) is 10.2 Å². The highest BCUT2D eigenvalue weighted by atomic mass is 32.1. The van der Waals surface area contributed by atoms with Gasteiger partial charge in [0.2, 0.25) is 0 Å². The van der Waals surface area contributed by atoms with Crippen LogP contribution in [0.1, 0.15) is 13.3 Å². The van der Waals surface area contributed by atoms with E-state index in [0.717, 1.165) is 16.6 Å². The van der Waals surface area contributed by atoms with Crippen molar-refractivity contribution in [1.29, 1.82) is 0 Å². The van der Waals surface area contributed by atoms with Gasteiger partial charge in [0.25, 0.3) is 0 Å². The van der Waals surface area contributed by atoms with Crippen LogP contribution in [-0.2, 0) is 4.74 Å². The maximum absolute atomic E-state index is 11.5. The van der Waals surface area contributed by atoms with Crippen molar-refractivity contribution >= 4 is 27.6 Å². The van der Waals surface area contributed by atoms with Crippen LogP contribution in [-0.4, -0.2) is 22.5 Å². The molecule has 2 rings (SSSR count). The summed E-state index contributed by atoms with van der Waals surface area (Å²) in [5.41, 5.74) is 0. The molecule has 0 fully saturated rings. The smallest absolute Gasteiger partial charge is 0.436 e. The first-order chi connectivity index (χ1) is 6.83. The Morgan fingerprint density at radius 2 is 2.57 bits per heavy atom. The standard InChI is InChI=1S/C9H10N2O2S/c1-2-4-13-9(12)11-8-7(6-10-11)3-5-14-8/h3,5-6H,2,4H2,1H3. The van der Waals surface area contributed by atoms with E-state index in [9.17, 15) is 4.79 Å². The molecule has 0 amide bonds. The van der Waals surface area contributed by atoms with Gasteiger partial charge in [-0.05, 0) is 17.9 Å². The van der Waals surface area contributed by atoms with Gasteiger partial charge in [0.1, 0.15) is 4.83 Å². The van der Waals surface area contributed by atoms with E-state index in [1.54, 1.807) is 6.20 Å². The molecule has 4 nitrogen and oxygen atoms in total. The van der Waals surface area contributed by atoms with Gasteiger partial charge in [0.05, 0.1) is 12.8 Å². The molecule has 14 heavy (non-hydrogen) atoms. The van der Waals surface area contributed by atoms with Crippen molar-refractivity contribution in [1.82, 2.24) is 9.78 Å². The van der Waals surface area contributed by atoms with E-state index in [2.05, 4.69) is 5.10 Å². The van der Waals surface area contributed by atoms with Crippen LogP contribution in [0.15, 0.2) is 17.6 Å². The minimum Gasteiger partial charge on any atom is -0.448 e. The molecule has 5 heteroatoms. The van der Waals surface area contributed by atoms with E-state index in [-0.39, 0.29) is 0 Å². The van der Waals surface area contributed by atoms with Crippen molar-refractivity contribution in [3.05, 3.63) is 17.6 Å². The summed E-state index contributed by atoms with van der Waals surface area (Å²) < 4.78 is 6.28. The minimum atomic E-state index is -0.399. The lowest BCUT2D eigenvalue weighted by Gasteiger charge is -2.01. The molecule has 0 unspecified atom stereocenters. The molecule has 0 N–H and O–H groups in total. The predicted octanol–water partition coefficient (Wildman–Crippen LogP) is 2.49. The van der Waals surface area contributed by atoms with Gasteiger partial charge < -0.3 is 4.74 Å². The Hall–Kier alpha value is -1.36. The van der Waals surface area contributed by atoms with Crippen LogP contribution >= 0.6 is 11.3 Å². The zero-order valence-corrected chi connectivity index (χ0v) is 8.58. The Balaban J connectivity index is 2.25. The van der Waals surface area contributed by atoms with E-state index >= 15 is 0 Å². The summed E-state index contributed by atoms with van der Waals surface area (Å²) >= 11 is 1.48. The third-order valence-electron chi connectivity index (χ3n) is 1.78. The monoisotopic (exact) mass is 210 g/mol. The average Bonchev–Trinajstić information content (AvgIpc) is 2.74. The van der Waals surface area contributed by atoms with Gasteiger partial charge in [-0.3, -0.25) is 0 Å². The Bertz CT molecular complexity index is 446. The van der Waals surface area contributed by atoms with Crippen molar-refractivity contribution < 1.29 is 9.53 Å². The largest absolute Gasteiger partial charge is 0.448 e. The maximum atomic E-state index is 11.5. The molecule has 0 aromatic carbocycles. The number of fused-ring (bicyclic) bond motifs is 1. The fraction of sp³-hybridized carbons (Fsp3) is 0.333. The van der Waals surface area contributed by atoms with Gasteiger partial charge in [0, 0.05) is 5.39 Å². The summed E-state index contributed by atoms with van der Waals surface area (Å²) in [6, 6.07) is 1.93. The minimum absolute atomic E-state index is 0.399. The number of hydrogen-bond acceptors (Lipinski definition) is 4. The SMILES string of the molecule is CCCOC(=O)n1ncc2ccsc21. The molecular weight excluding hydrogens is 200 g/mol. The fourth-order valence-electron chi connectivity index (χ4n) is 1.13. The van der Waals surface area contributed by atoms with E-state index in [0.29, 0.717) is 6.61 Å².